The number of aliphatic hydroxyl groups excluding tert-OH is 2. The number of rotatable bonds is 4. The number of hydrogen-bond donors (Lipinski definition) is 2. The zero-order valence-electron chi connectivity index (χ0n) is 6.78. The van der Waals surface area contributed by atoms with Crippen LogP contribution in [-0.2, 0) is 9.53 Å². The van der Waals surface area contributed by atoms with Crippen molar-refractivity contribution in [3.8, 4) is 0 Å². The lowest BCUT2D eigenvalue weighted by molar-refractivity contribution is -0.143. The summed E-state index contributed by atoms with van der Waals surface area (Å²) in [6.07, 6.45) is -1.24. The molecule has 0 aliphatic heterocycles. The van der Waals surface area contributed by atoms with Crippen LogP contribution in [0.15, 0.2) is 0 Å². The third-order valence-electron chi connectivity index (χ3n) is 1.24. The molecule has 0 aliphatic rings. The molecule has 2 N–H and O–H groups in total. The van der Waals surface area contributed by atoms with Gasteiger partial charge < -0.3 is 14.9 Å². The average Bonchev–Trinajstić information content (AvgIpc) is 1.85. The van der Waals surface area contributed by atoms with Crippen molar-refractivity contribution in [1.82, 2.24) is 0 Å². The molecular formula is C7H14O4. The van der Waals surface area contributed by atoms with Gasteiger partial charge in [0, 0.05) is 0 Å². The maximum absolute atomic E-state index is 10.5. The summed E-state index contributed by atoms with van der Waals surface area (Å²) in [6, 6.07) is 0. The first-order valence-electron chi connectivity index (χ1n) is 3.49. The van der Waals surface area contributed by atoms with Gasteiger partial charge in [0.15, 0.2) is 0 Å². The van der Waals surface area contributed by atoms with E-state index in [9.17, 15) is 4.79 Å². The number of aliphatic hydroxyl groups is 2. The van der Waals surface area contributed by atoms with E-state index in [-0.39, 0.29) is 12.8 Å². The molecule has 0 bridgehead atoms. The normalized spacial score (nSPS) is 15.6. The summed E-state index contributed by atoms with van der Waals surface area (Å²) in [5.74, 6) is -0.460. The van der Waals surface area contributed by atoms with E-state index >= 15 is 0 Å². The van der Waals surface area contributed by atoms with E-state index in [4.69, 9.17) is 10.2 Å². The lowest BCUT2D eigenvalue weighted by Crippen LogP contribution is -2.19. The Hall–Kier alpha value is -0.610. The lowest BCUT2D eigenvalue weighted by Gasteiger charge is -2.10. The van der Waals surface area contributed by atoms with Gasteiger partial charge in [-0.05, 0) is 13.3 Å². The van der Waals surface area contributed by atoms with Crippen LogP contribution in [0.25, 0.3) is 0 Å². The van der Waals surface area contributed by atoms with Gasteiger partial charge in [0.2, 0.25) is 0 Å². The van der Waals surface area contributed by atoms with Crippen LogP contribution in [0.1, 0.15) is 19.8 Å². The van der Waals surface area contributed by atoms with Crippen molar-refractivity contribution in [2.75, 3.05) is 7.11 Å². The molecule has 0 aliphatic carbocycles. The zero-order chi connectivity index (χ0) is 8.85. The van der Waals surface area contributed by atoms with Crippen molar-refractivity contribution in [2.45, 2.75) is 32.0 Å². The Balaban J connectivity index is 3.51. The Labute approximate surface area is 65.8 Å². The second-order valence-electron chi connectivity index (χ2n) is 2.52. The van der Waals surface area contributed by atoms with Crippen LogP contribution in [-0.4, -0.2) is 35.5 Å². The predicted molar refractivity (Wildman–Crippen MR) is 38.9 cm³/mol. The highest BCUT2D eigenvalue weighted by Crippen LogP contribution is 2.02. The number of methoxy groups -OCH3 is 1. The highest BCUT2D eigenvalue weighted by atomic mass is 16.5. The molecule has 11 heavy (non-hydrogen) atoms. The fourth-order valence-corrected chi connectivity index (χ4v) is 0.753. The molecule has 0 saturated carbocycles. The lowest BCUT2D eigenvalue weighted by atomic mass is 10.1. The molecule has 0 rings (SSSR count). The van der Waals surface area contributed by atoms with Gasteiger partial charge in [-0.3, -0.25) is 4.79 Å². The standard InChI is InChI=1S/C7H14O4/c1-5(8)3-6(9)4-7(10)11-2/h5-6,8-9H,3-4H2,1-2H3/t5-,6+/m0/s1. The fraction of sp³-hybridized carbons (Fsp3) is 0.857. The summed E-state index contributed by atoms with van der Waals surface area (Å²) in [4.78, 5) is 10.5. The summed E-state index contributed by atoms with van der Waals surface area (Å²) in [6.45, 7) is 1.56. The summed E-state index contributed by atoms with van der Waals surface area (Å²) in [5, 5.41) is 17.9. The van der Waals surface area contributed by atoms with Crippen molar-refractivity contribution < 1.29 is 19.7 Å². The fourth-order valence-electron chi connectivity index (χ4n) is 0.753. The highest BCUT2D eigenvalue weighted by molar-refractivity contribution is 5.69. The monoisotopic (exact) mass is 162 g/mol. The van der Waals surface area contributed by atoms with Crippen molar-refractivity contribution in [1.29, 1.82) is 0 Å². The number of carbonyl (C=O) groups excluding carboxylic acids is 1. The maximum Gasteiger partial charge on any atom is 0.308 e. The largest absolute Gasteiger partial charge is 0.469 e. The minimum Gasteiger partial charge on any atom is -0.469 e. The van der Waals surface area contributed by atoms with Gasteiger partial charge in [-0.2, -0.15) is 0 Å². The molecule has 0 aromatic heterocycles. The van der Waals surface area contributed by atoms with Gasteiger partial charge in [0.25, 0.3) is 0 Å². The summed E-state index contributed by atoms with van der Waals surface area (Å²) in [5.41, 5.74) is 0. The van der Waals surface area contributed by atoms with Gasteiger partial charge in [0.1, 0.15) is 0 Å². The van der Waals surface area contributed by atoms with Gasteiger partial charge in [0.05, 0.1) is 25.7 Å². The number of esters is 1. The van der Waals surface area contributed by atoms with Crippen LogP contribution in [0.2, 0.25) is 0 Å². The van der Waals surface area contributed by atoms with Crippen molar-refractivity contribution in [3.63, 3.8) is 0 Å². The van der Waals surface area contributed by atoms with Crippen LogP contribution in [0.4, 0.5) is 0 Å². The van der Waals surface area contributed by atoms with Crippen molar-refractivity contribution in [3.05, 3.63) is 0 Å². The quantitative estimate of drug-likeness (QED) is 0.556. The van der Waals surface area contributed by atoms with E-state index in [1.165, 1.54) is 7.11 Å². The van der Waals surface area contributed by atoms with Crippen molar-refractivity contribution in [2.24, 2.45) is 0 Å². The van der Waals surface area contributed by atoms with Gasteiger partial charge in [-0.25, -0.2) is 0 Å². The summed E-state index contributed by atoms with van der Waals surface area (Å²) in [7, 11) is 1.26. The molecule has 4 nitrogen and oxygen atoms in total. The molecule has 2 atom stereocenters. The molecule has 0 saturated heterocycles. The SMILES string of the molecule is COC(=O)C[C@H](O)C[C@H](C)O. The van der Waals surface area contributed by atoms with E-state index < -0.39 is 18.2 Å². The average molecular weight is 162 g/mol. The zero-order valence-corrected chi connectivity index (χ0v) is 6.78. The third-order valence-corrected chi connectivity index (χ3v) is 1.24. The van der Waals surface area contributed by atoms with Gasteiger partial charge in [-0.15, -0.1) is 0 Å². The molecule has 4 heteroatoms. The van der Waals surface area contributed by atoms with Gasteiger partial charge >= 0.3 is 5.97 Å². The Morgan fingerprint density at radius 2 is 2.09 bits per heavy atom. The Morgan fingerprint density at radius 3 is 2.45 bits per heavy atom. The number of carbonyl (C=O) groups is 1. The Kier molecular flexibility index (Phi) is 4.81. The molecule has 0 radical (unpaired) electrons. The summed E-state index contributed by atoms with van der Waals surface area (Å²) >= 11 is 0. The molecule has 0 aromatic carbocycles. The van der Waals surface area contributed by atoms with Crippen LogP contribution < -0.4 is 0 Å². The second kappa shape index (κ2) is 5.09. The van der Waals surface area contributed by atoms with E-state index in [2.05, 4.69) is 4.74 Å². The Morgan fingerprint density at radius 1 is 1.55 bits per heavy atom. The van der Waals surface area contributed by atoms with Crippen LogP contribution >= 0.6 is 0 Å². The number of hydrogen-bond acceptors (Lipinski definition) is 4. The van der Waals surface area contributed by atoms with E-state index in [0.29, 0.717) is 0 Å². The van der Waals surface area contributed by atoms with E-state index in [0.717, 1.165) is 0 Å². The second-order valence-corrected chi connectivity index (χ2v) is 2.52. The molecule has 0 spiro atoms. The first-order chi connectivity index (χ1) is 5.06. The summed E-state index contributed by atoms with van der Waals surface area (Å²) < 4.78 is 4.32. The molecule has 0 unspecified atom stereocenters. The number of ether oxygens (including phenoxy) is 1. The highest BCUT2D eigenvalue weighted by Gasteiger charge is 2.12. The minimum absolute atomic E-state index is 0.0542. The minimum atomic E-state index is -0.803. The van der Waals surface area contributed by atoms with Crippen LogP contribution in [0.3, 0.4) is 0 Å². The van der Waals surface area contributed by atoms with Crippen LogP contribution in [0.5, 0.6) is 0 Å². The van der Waals surface area contributed by atoms with E-state index in [1.54, 1.807) is 6.92 Å². The molecule has 0 aromatic rings. The third kappa shape index (κ3) is 5.82. The first-order valence-corrected chi connectivity index (χ1v) is 3.49. The molecule has 66 valence electrons. The molecular weight excluding hydrogens is 148 g/mol. The molecule has 0 fully saturated rings. The van der Waals surface area contributed by atoms with Crippen molar-refractivity contribution >= 4 is 5.97 Å². The van der Waals surface area contributed by atoms with E-state index in [1.807, 2.05) is 0 Å². The maximum atomic E-state index is 10.5. The van der Waals surface area contributed by atoms with Crippen LogP contribution in [0, 0.1) is 0 Å². The smallest absolute Gasteiger partial charge is 0.308 e. The first kappa shape index (κ1) is 10.4. The van der Waals surface area contributed by atoms with Gasteiger partial charge in [-0.1, -0.05) is 0 Å². The Bertz CT molecular complexity index is 122. The topological polar surface area (TPSA) is 66.8 Å². The molecule has 0 heterocycles. The molecule has 0 amide bonds. The predicted octanol–water partition coefficient (Wildman–Crippen LogP) is -0.319.